The van der Waals surface area contributed by atoms with E-state index in [1.807, 2.05) is 20.8 Å². The zero-order valence-corrected chi connectivity index (χ0v) is 16.7. The second kappa shape index (κ2) is 9.24. The van der Waals surface area contributed by atoms with Gasteiger partial charge >= 0.3 is 0 Å². The maximum Gasteiger partial charge on any atom is 0.257 e. The summed E-state index contributed by atoms with van der Waals surface area (Å²) in [5.41, 5.74) is 1.13. The summed E-state index contributed by atoms with van der Waals surface area (Å²) < 4.78 is 53.5. The molecule has 154 valence electrons. The summed E-state index contributed by atoms with van der Waals surface area (Å²) >= 11 is 0. The number of alkyl halides is 2. The molecule has 0 aliphatic carbocycles. The minimum atomic E-state index is -3.90. The Bertz CT molecular complexity index is 896. The topological polar surface area (TPSA) is 93.1 Å². The molecule has 2 N–H and O–H groups in total. The van der Waals surface area contributed by atoms with Gasteiger partial charge in [0.2, 0.25) is 15.9 Å². The first-order chi connectivity index (χ1) is 13.1. The molecule has 0 aliphatic rings. The lowest BCUT2D eigenvalue weighted by Gasteiger charge is -2.20. The quantitative estimate of drug-likeness (QED) is 0.660. The van der Waals surface area contributed by atoms with Gasteiger partial charge in [0.15, 0.2) is 0 Å². The lowest BCUT2D eigenvalue weighted by atomic mass is 10.0. The number of carbonyl (C=O) groups excluding carboxylic acids is 1. The van der Waals surface area contributed by atoms with Crippen molar-refractivity contribution in [3.8, 4) is 0 Å². The van der Waals surface area contributed by atoms with E-state index in [1.54, 1.807) is 12.1 Å². The van der Waals surface area contributed by atoms with Gasteiger partial charge < -0.3 is 5.32 Å². The van der Waals surface area contributed by atoms with Crippen LogP contribution in [0.1, 0.15) is 25.8 Å². The molecule has 1 aromatic heterocycles. The highest BCUT2D eigenvalue weighted by Crippen LogP contribution is 2.15. The van der Waals surface area contributed by atoms with Gasteiger partial charge in [0.05, 0.1) is 16.8 Å². The number of nitrogens with zero attached hydrogens (tertiary/aromatic N) is 2. The minimum absolute atomic E-state index is 0.0398. The summed E-state index contributed by atoms with van der Waals surface area (Å²) in [5, 5.41) is 6.27. The van der Waals surface area contributed by atoms with Crippen molar-refractivity contribution in [2.75, 3.05) is 5.32 Å². The van der Waals surface area contributed by atoms with Gasteiger partial charge in [-0.25, -0.2) is 17.2 Å². The average molecular weight is 414 g/mol. The summed E-state index contributed by atoms with van der Waals surface area (Å²) in [6, 6.07) is 5.25. The zero-order chi connectivity index (χ0) is 20.9. The molecule has 0 spiro atoms. The zero-order valence-electron chi connectivity index (χ0n) is 15.9. The third kappa shape index (κ3) is 6.38. The number of carbonyl (C=O) groups is 1. The number of hydrogen-bond acceptors (Lipinski definition) is 4. The molecule has 0 saturated carbocycles. The highest BCUT2D eigenvalue weighted by atomic mass is 32.2. The standard InChI is InChI=1S/C18H24F2N4O3S/c1-12(2)8-16(23-28(26,27)15-6-4-13(3)5-7-15)18(25)22-14-9-21-24(10-14)11-17(19)20/h4-7,9-10,12,16-17,23H,8,11H2,1-3H3,(H,22,25). The van der Waals surface area contributed by atoms with Crippen molar-refractivity contribution in [3.05, 3.63) is 42.2 Å². The molecule has 1 heterocycles. The molecular formula is C18H24F2N4O3S. The number of halogens is 2. The van der Waals surface area contributed by atoms with E-state index in [1.165, 1.54) is 24.5 Å². The van der Waals surface area contributed by atoms with Gasteiger partial charge in [0.1, 0.15) is 12.6 Å². The Morgan fingerprint density at radius 1 is 1.21 bits per heavy atom. The predicted octanol–water partition coefficient (Wildman–Crippen LogP) is 2.79. The molecule has 1 unspecified atom stereocenters. The maximum atomic E-state index is 12.6. The normalized spacial score (nSPS) is 13.1. The summed E-state index contributed by atoms with van der Waals surface area (Å²) in [6.07, 6.45) is 0.201. The van der Waals surface area contributed by atoms with Gasteiger partial charge in [-0.15, -0.1) is 0 Å². The van der Waals surface area contributed by atoms with Gasteiger partial charge in [-0.2, -0.15) is 9.82 Å². The third-order valence-electron chi connectivity index (χ3n) is 3.88. The van der Waals surface area contributed by atoms with Crippen molar-refractivity contribution in [1.82, 2.24) is 14.5 Å². The SMILES string of the molecule is Cc1ccc(S(=O)(=O)NC(CC(C)C)C(=O)Nc2cnn(CC(F)F)c2)cc1. The lowest BCUT2D eigenvalue weighted by molar-refractivity contribution is -0.118. The number of sulfonamides is 1. The number of benzene rings is 1. The number of amides is 1. The number of nitrogens with one attached hydrogen (secondary N) is 2. The lowest BCUT2D eigenvalue weighted by Crippen LogP contribution is -2.44. The first-order valence-electron chi connectivity index (χ1n) is 8.77. The van der Waals surface area contributed by atoms with Gasteiger partial charge in [-0.05, 0) is 31.4 Å². The van der Waals surface area contributed by atoms with Crippen molar-refractivity contribution in [3.63, 3.8) is 0 Å². The van der Waals surface area contributed by atoms with Crippen molar-refractivity contribution >= 4 is 21.6 Å². The summed E-state index contributed by atoms with van der Waals surface area (Å²) in [7, 11) is -3.90. The maximum absolute atomic E-state index is 12.6. The van der Waals surface area contributed by atoms with E-state index in [2.05, 4.69) is 15.1 Å². The molecule has 28 heavy (non-hydrogen) atoms. The largest absolute Gasteiger partial charge is 0.322 e. The molecule has 7 nitrogen and oxygen atoms in total. The summed E-state index contributed by atoms with van der Waals surface area (Å²) in [5.74, 6) is -0.543. The summed E-state index contributed by atoms with van der Waals surface area (Å²) in [4.78, 5) is 12.7. The Morgan fingerprint density at radius 2 is 1.86 bits per heavy atom. The van der Waals surface area contributed by atoms with Crippen molar-refractivity contribution in [2.45, 2.75) is 51.1 Å². The molecule has 2 rings (SSSR count). The number of aryl methyl sites for hydroxylation is 1. The average Bonchev–Trinajstić information content (AvgIpc) is 3.00. The third-order valence-corrected chi connectivity index (χ3v) is 5.37. The molecular weight excluding hydrogens is 390 g/mol. The summed E-state index contributed by atoms with van der Waals surface area (Å²) in [6.45, 7) is 4.97. The number of anilines is 1. The van der Waals surface area contributed by atoms with Crippen LogP contribution in [0.25, 0.3) is 0 Å². The molecule has 0 aliphatic heterocycles. The van der Waals surface area contributed by atoms with Crippen LogP contribution in [0.4, 0.5) is 14.5 Å². The number of rotatable bonds is 9. The predicted molar refractivity (Wildman–Crippen MR) is 102 cm³/mol. The highest BCUT2D eigenvalue weighted by molar-refractivity contribution is 7.89. The van der Waals surface area contributed by atoms with E-state index in [4.69, 9.17) is 0 Å². The van der Waals surface area contributed by atoms with Crippen LogP contribution in [-0.2, 0) is 21.4 Å². The Balaban J connectivity index is 2.14. The van der Waals surface area contributed by atoms with Crippen molar-refractivity contribution < 1.29 is 22.0 Å². The molecule has 0 radical (unpaired) electrons. The van der Waals surface area contributed by atoms with Gasteiger partial charge in [0, 0.05) is 6.20 Å². The van der Waals surface area contributed by atoms with Crippen molar-refractivity contribution in [1.29, 1.82) is 0 Å². The van der Waals surface area contributed by atoms with Crippen LogP contribution >= 0.6 is 0 Å². The number of aromatic nitrogens is 2. The second-order valence-corrected chi connectivity index (χ2v) is 8.66. The molecule has 0 fully saturated rings. The van der Waals surface area contributed by atoms with Crippen LogP contribution in [0.3, 0.4) is 0 Å². The van der Waals surface area contributed by atoms with Crippen LogP contribution in [0, 0.1) is 12.8 Å². The van der Waals surface area contributed by atoms with E-state index in [-0.39, 0.29) is 22.9 Å². The van der Waals surface area contributed by atoms with Crippen LogP contribution in [0.15, 0.2) is 41.6 Å². The van der Waals surface area contributed by atoms with Gasteiger partial charge in [-0.3, -0.25) is 9.48 Å². The van der Waals surface area contributed by atoms with Crippen LogP contribution in [0.2, 0.25) is 0 Å². The molecule has 2 aromatic rings. The second-order valence-electron chi connectivity index (χ2n) is 6.95. The Morgan fingerprint density at radius 3 is 2.43 bits per heavy atom. The molecule has 10 heteroatoms. The molecule has 1 atom stereocenters. The molecule has 1 amide bonds. The van der Waals surface area contributed by atoms with Gasteiger partial charge in [0.25, 0.3) is 6.43 Å². The van der Waals surface area contributed by atoms with E-state index in [9.17, 15) is 22.0 Å². The minimum Gasteiger partial charge on any atom is -0.322 e. The van der Waals surface area contributed by atoms with E-state index >= 15 is 0 Å². The Hall–Kier alpha value is -2.33. The Labute approximate surface area is 163 Å². The smallest absolute Gasteiger partial charge is 0.257 e. The first-order valence-corrected chi connectivity index (χ1v) is 10.3. The van der Waals surface area contributed by atoms with Crippen LogP contribution in [0.5, 0.6) is 0 Å². The number of hydrogen-bond donors (Lipinski definition) is 2. The molecule has 0 bridgehead atoms. The first kappa shape index (κ1) is 22.0. The van der Waals surface area contributed by atoms with Crippen LogP contribution < -0.4 is 10.0 Å². The molecule has 1 aromatic carbocycles. The van der Waals surface area contributed by atoms with E-state index in [0.29, 0.717) is 0 Å². The van der Waals surface area contributed by atoms with E-state index in [0.717, 1.165) is 10.2 Å². The van der Waals surface area contributed by atoms with Crippen LogP contribution in [-0.4, -0.2) is 36.6 Å². The fourth-order valence-electron chi connectivity index (χ4n) is 2.55. The molecule has 0 saturated heterocycles. The fourth-order valence-corrected chi connectivity index (χ4v) is 3.76. The van der Waals surface area contributed by atoms with Gasteiger partial charge in [-0.1, -0.05) is 31.5 Å². The monoisotopic (exact) mass is 414 g/mol. The van der Waals surface area contributed by atoms with Crippen molar-refractivity contribution in [2.24, 2.45) is 5.92 Å². The Kier molecular flexibility index (Phi) is 7.25. The highest BCUT2D eigenvalue weighted by Gasteiger charge is 2.27. The fraction of sp³-hybridized carbons (Fsp3) is 0.444. The van der Waals surface area contributed by atoms with E-state index < -0.39 is 34.9 Å².